The first kappa shape index (κ1) is 51.6. The van der Waals surface area contributed by atoms with Gasteiger partial charge in [-0.3, -0.25) is 14.4 Å². The minimum atomic E-state index is -0.778. The van der Waals surface area contributed by atoms with E-state index in [1.807, 2.05) is 0 Å². The monoisotopic (exact) mass is 759 g/mol. The molecular weight excluding hydrogens is 673 g/mol. The molecule has 0 aromatic heterocycles. The molecule has 1 atom stereocenters. The van der Waals surface area contributed by atoms with Gasteiger partial charge in [-0.15, -0.1) is 0 Å². The van der Waals surface area contributed by atoms with Gasteiger partial charge in [0.15, 0.2) is 6.10 Å². The second-order valence-corrected chi connectivity index (χ2v) is 15.3. The number of esters is 3. The minimum Gasteiger partial charge on any atom is -0.462 e. The quantitative estimate of drug-likeness (QED) is 0.0267. The Bertz CT molecular complexity index is 922. The second kappa shape index (κ2) is 43.4. The highest BCUT2D eigenvalue weighted by molar-refractivity contribution is 5.71. The van der Waals surface area contributed by atoms with Gasteiger partial charge < -0.3 is 14.2 Å². The molecule has 0 saturated heterocycles. The van der Waals surface area contributed by atoms with Crippen LogP contribution in [-0.2, 0) is 28.6 Å². The lowest BCUT2D eigenvalue weighted by atomic mass is 10.1. The summed E-state index contributed by atoms with van der Waals surface area (Å²) < 4.78 is 16.7. The maximum Gasteiger partial charge on any atom is 0.306 e. The lowest BCUT2D eigenvalue weighted by Gasteiger charge is -2.18. The molecule has 0 amide bonds. The standard InChI is InChI=1S/C48H86O6/c1-4-7-10-13-16-19-22-24-25-27-29-32-35-38-41-47(50)53-44-45(43-52-46(49)40-37-34-31-28-21-18-15-12-9-6-3)54-48(51)42-39-36-33-30-26-23-20-17-14-11-8-5-2/h12,15,17,20,22,24,45H,4-11,13-14,16,18-19,21,23,25-44H2,1-3H3/b15-12-,20-17-,24-22-. The van der Waals surface area contributed by atoms with E-state index in [-0.39, 0.29) is 31.1 Å². The molecule has 0 N–H and O–H groups in total. The predicted octanol–water partition coefficient (Wildman–Crippen LogP) is 14.6. The molecule has 0 aromatic carbocycles. The van der Waals surface area contributed by atoms with Gasteiger partial charge in [0.05, 0.1) is 0 Å². The van der Waals surface area contributed by atoms with Gasteiger partial charge in [-0.1, -0.05) is 160 Å². The lowest BCUT2D eigenvalue weighted by Crippen LogP contribution is -2.30. The van der Waals surface area contributed by atoms with Crippen LogP contribution in [0.3, 0.4) is 0 Å². The zero-order chi connectivity index (χ0) is 39.4. The van der Waals surface area contributed by atoms with E-state index in [9.17, 15) is 14.4 Å². The van der Waals surface area contributed by atoms with Crippen molar-refractivity contribution in [3.05, 3.63) is 36.5 Å². The van der Waals surface area contributed by atoms with E-state index in [1.165, 1.54) is 103 Å². The van der Waals surface area contributed by atoms with Gasteiger partial charge in [0.25, 0.3) is 0 Å². The van der Waals surface area contributed by atoms with Crippen LogP contribution in [0.15, 0.2) is 36.5 Å². The Kier molecular flexibility index (Phi) is 41.5. The molecular formula is C48H86O6. The summed E-state index contributed by atoms with van der Waals surface area (Å²) in [4.78, 5) is 37.7. The number of unbranched alkanes of at least 4 members (excludes halogenated alkanes) is 24. The van der Waals surface area contributed by atoms with Crippen molar-refractivity contribution in [2.75, 3.05) is 13.2 Å². The van der Waals surface area contributed by atoms with E-state index in [2.05, 4.69) is 57.2 Å². The van der Waals surface area contributed by atoms with E-state index in [0.29, 0.717) is 19.3 Å². The van der Waals surface area contributed by atoms with Gasteiger partial charge >= 0.3 is 17.9 Å². The smallest absolute Gasteiger partial charge is 0.306 e. The molecule has 314 valence electrons. The molecule has 0 spiro atoms. The van der Waals surface area contributed by atoms with Crippen LogP contribution in [-0.4, -0.2) is 37.2 Å². The molecule has 6 nitrogen and oxygen atoms in total. The highest BCUT2D eigenvalue weighted by atomic mass is 16.6. The zero-order valence-corrected chi connectivity index (χ0v) is 35.7. The van der Waals surface area contributed by atoms with E-state index in [4.69, 9.17) is 14.2 Å². The number of carbonyl (C=O) groups is 3. The number of carbonyl (C=O) groups excluding carboxylic acids is 3. The molecule has 0 aliphatic rings. The Labute approximate surface area is 334 Å². The molecule has 0 radical (unpaired) electrons. The summed E-state index contributed by atoms with van der Waals surface area (Å²) in [7, 11) is 0. The van der Waals surface area contributed by atoms with Crippen molar-refractivity contribution >= 4 is 17.9 Å². The van der Waals surface area contributed by atoms with Crippen LogP contribution in [0.5, 0.6) is 0 Å². The van der Waals surface area contributed by atoms with Crippen LogP contribution < -0.4 is 0 Å². The summed E-state index contributed by atoms with van der Waals surface area (Å²) >= 11 is 0. The first-order chi connectivity index (χ1) is 26.5. The maximum atomic E-state index is 12.7. The van der Waals surface area contributed by atoms with Crippen LogP contribution in [0, 0.1) is 0 Å². The third-order valence-electron chi connectivity index (χ3n) is 9.82. The summed E-state index contributed by atoms with van der Waals surface area (Å²) in [5.74, 6) is -0.909. The van der Waals surface area contributed by atoms with Gasteiger partial charge in [0.1, 0.15) is 13.2 Å². The van der Waals surface area contributed by atoms with Crippen LogP contribution in [0.1, 0.15) is 233 Å². The number of allylic oxidation sites excluding steroid dienone is 6. The molecule has 0 aliphatic heterocycles. The van der Waals surface area contributed by atoms with Gasteiger partial charge in [-0.2, -0.15) is 0 Å². The molecule has 54 heavy (non-hydrogen) atoms. The molecule has 0 fully saturated rings. The number of hydrogen-bond acceptors (Lipinski definition) is 6. The highest BCUT2D eigenvalue weighted by Gasteiger charge is 2.19. The fraction of sp³-hybridized carbons (Fsp3) is 0.812. The maximum absolute atomic E-state index is 12.7. The largest absolute Gasteiger partial charge is 0.462 e. The van der Waals surface area contributed by atoms with E-state index in [0.717, 1.165) is 89.9 Å². The van der Waals surface area contributed by atoms with Crippen molar-refractivity contribution in [2.24, 2.45) is 0 Å². The first-order valence-electron chi connectivity index (χ1n) is 23.0. The third kappa shape index (κ3) is 40.8. The van der Waals surface area contributed by atoms with Crippen LogP contribution >= 0.6 is 0 Å². The molecule has 0 saturated carbocycles. The van der Waals surface area contributed by atoms with Crippen molar-refractivity contribution in [1.82, 2.24) is 0 Å². The molecule has 0 bridgehead atoms. The third-order valence-corrected chi connectivity index (χ3v) is 9.82. The van der Waals surface area contributed by atoms with Crippen LogP contribution in [0.2, 0.25) is 0 Å². The molecule has 1 unspecified atom stereocenters. The Morgan fingerprint density at radius 1 is 0.352 bits per heavy atom. The Balaban J connectivity index is 4.38. The van der Waals surface area contributed by atoms with E-state index < -0.39 is 6.10 Å². The highest BCUT2D eigenvalue weighted by Crippen LogP contribution is 2.13. The fourth-order valence-electron chi connectivity index (χ4n) is 6.31. The number of ether oxygens (including phenoxy) is 3. The van der Waals surface area contributed by atoms with Crippen molar-refractivity contribution < 1.29 is 28.6 Å². The zero-order valence-electron chi connectivity index (χ0n) is 35.7. The minimum absolute atomic E-state index is 0.0819. The Morgan fingerprint density at radius 2 is 0.648 bits per heavy atom. The SMILES string of the molecule is CCC/C=C\CCCCCCCC(=O)OCC(COC(=O)CCCCCCC/C=C\CCCCCCC)OC(=O)CCCCCCC/C=C\CCCCC. The van der Waals surface area contributed by atoms with Gasteiger partial charge in [-0.05, 0) is 89.9 Å². The van der Waals surface area contributed by atoms with E-state index >= 15 is 0 Å². The van der Waals surface area contributed by atoms with Crippen LogP contribution in [0.25, 0.3) is 0 Å². The Hall–Kier alpha value is -2.37. The van der Waals surface area contributed by atoms with E-state index in [1.54, 1.807) is 0 Å². The van der Waals surface area contributed by atoms with Gasteiger partial charge in [-0.25, -0.2) is 0 Å². The molecule has 0 aliphatic carbocycles. The van der Waals surface area contributed by atoms with Crippen molar-refractivity contribution in [1.29, 1.82) is 0 Å². The Morgan fingerprint density at radius 3 is 1.04 bits per heavy atom. The summed E-state index contributed by atoms with van der Waals surface area (Å²) in [6, 6.07) is 0. The molecule has 0 aromatic rings. The normalized spacial score (nSPS) is 12.3. The fourth-order valence-corrected chi connectivity index (χ4v) is 6.31. The average Bonchev–Trinajstić information content (AvgIpc) is 3.17. The van der Waals surface area contributed by atoms with Gasteiger partial charge in [0, 0.05) is 19.3 Å². The van der Waals surface area contributed by atoms with Crippen molar-refractivity contribution in [3.8, 4) is 0 Å². The van der Waals surface area contributed by atoms with Crippen molar-refractivity contribution in [2.45, 2.75) is 239 Å². The summed E-state index contributed by atoms with van der Waals surface area (Å²) in [5.41, 5.74) is 0. The van der Waals surface area contributed by atoms with Crippen LogP contribution in [0.4, 0.5) is 0 Å². The summed E-state index contributed by atoms with van der Waals surface area (Å²) in [6.45, 7) is 6.51. The molecule has 0 rings (SSSR count). The first-order valence-corrected chi connectivity index (χ1v) is 23.0. The molecule has 6 heteroatoms. The number of rotatable bonds is 41. The average molecular weight is 759 g/mol. The topological polar surface area (TPSA) is 78.9 Å². The second-order valence-electron chi connectivity index (χ2n) is 15.3. The molecule has 0 heterocycles. The predicted molar refractivity (Wildman–Crippen MR) is 229 cm³/mol. The lowest BCUT2D eigenvalue weighted by molar-refractivity contribution is -0.167. The summed E-state index contributed by atoms with van der Waals surface area (Å²) in [6.07, 6.45) is 48.4. The van der Waals surface area contributed by atoms with Crippen molar-refractivity contribution in [3.63, 3.8) is 0 Å². The summed E-state index contributed by atoms with van der Waals surface area (Å²) in [5, 5.41) is 0. The van der Waals surface area contributed by atoms with Gasteiger partial charge in [0.2, 0.25) is 0 Å². The number of hydrogen-bond donors (Lipinski definition) is 0.